The average Bonchev–Trinajstić information content (AvgIpc) is 3.52. The van der Waals surface area contributed by atoms with Gasteiger partial charge in [-0.25, -0.2) is 0 Å². The van der Waals surface area contributed by atoms with Gasteiger partial charge in [0.1, 0.15) is 5.82 Å². The molecule has 0 fully saturated rings. The second-order valence-electron chi connectivity index (χ2n) is 10.9. The molecule has 2 aliphatic rings. The molecule has 0 spiro atoms. The largest absolute Gasteiger partial charge is 0.384 e. The minimum atomic E-state index is -0.491. The average molecular weight is 591 g/mol. The van der Waals surface area contributed by atoms with Crippen LogP contribution in [0.2, 0.25) is 0 Å². The van der Waals surface area contributed by atoms with E-state index in [1.807, 2.05) is 51.1 Å². The van der Waals surface area contributed by atoms with Crippen molar-refractivity contribution >= 4 is 56.9 Å². The third-order valence-corrected chi connectivity index (χ3v) is 10.1. The van der Waals surface area contributed by atoms with Crippen molar-refractivity contribution in [3.05, 3.63) is 73.9 Å². The highest BCUT2D eigenvalue weighted by Crippen LogP contribution is 2.51. The summed E-state index contributed by atoms with van der Waals surface area (Å²) in [4.78, 5) is 30.0. The van der Waals surface area contributed by atoms with E-state index < -0.39 is 5.92 Å². The van der Waals surface area contributed by atoms with Gasteiger partial charge in [0.05, 0.1) is 23.3 Å². The van der Waals surface area contributed by atoms with E-state index in [1.54, 1.807) is 16.2 Å². The molecular weight excluding hydrogens is 561 g/mol. The number of carbonyl (C=O) groups is 2. The summed E-state index contributed by atoms with van der Waals surface area (Å²) in [6, 6.07) is 12.2. The first-order valence-electron chi connectivity index (χ1n) is 12.8. The zero-order valence-corrected chi connectivity index (χ0v) is 25.4. The molecule has 206 valence electrons. The summed E-state index contributed by atoms with van der Waals surface area (Å²) in [5.41, 5.74) is 11.1. The predicted molar refractivity (Wildman–Crippen MR) is 161 cm³/mol. The number of aryl methyl sites for hydroxylation is 3. The van der Waals surface area contributed by atoms with Gasteiger partial charge in [-0.1, -0.05) is 54.6 Å². The molecule has 1 unspecified atom stereocenters. The zero-order valence-electron chi connectivity index (χ0n) is 23.0. The van der Waals surface area contributed by atoms with Gasteiger partial charge in [0.15, 0.2) is 10.1 Å². The van der Waals surface area contributed by atoms with Crippen LogP contribution in [0.25, 0.3) is 0 Å². The molecule has 5 rings (SSSR count). The highest BCUT2D eigenvalue weighted by Gasteiger charge is 2.45. The molecule has 0 radical (unpaired) electrons. The van der Waals surface area contributed by atoms with Crippen LogP contribution in [-0.2, 0) is 9.59 Å². The SMILES string of the molecule is Cc1ccc(NC(=O)CSc2nnc(N3C(N)=C(C#N)C(c4ccc(C)s4)C4=C3CC(C)(C)CC4=O)s2)c(C)c1. The molecule has 1 atom stereocenters. The number of rotatable bonds is 6. The van der Waals surface area contributed by atoms with Crippen LogP contribution in [0.3, 0.4) is 0 Å². The van der Waals surface area contributed by atoms with Crippen LogP contribution in [0.15, 0.2) is 57.3 Å². The number of carbonyl (C=O) groups excluding carboxylic acids is 2. The summed E-state index contributed by atoms with van der Waals surface area (Å²) >= 11 is 4.14. The van der Waals surface area contributed by atoms with Crippen molar-refractivity contribution in [2.75, 3.05) is 16.0 Å². The number of nitrogens with one attached hydrogen (secondary N) is 1. The summed E-state index contributed by atoms with van der Waals surface area (Å²) < 4.78 is 0.594. The summed E-state index contributed by atoms with van der Waals surface area (Å²) in [5.74, 6) is -0.181. The van der Waals surface area contributed by atoms with Crippen LogP contribution in [0.5, 0.6) is 0 Å². The van der Waals surface area contributed by atoms with E-state index in [0.29, 0.717) is 33.5 Å². The molecular formula is C29H30N6O2S3. The Morgan fingerprint density at radius 1 is 1.20 bits per heavy atom. The van der Waals surface area contributed by atoms with E-state index in [1.165, 1.54) is 23.1 Å². The lowest BCUT2D eigenvalue weighted by Gasteiger charge is -2.42. The first kappa shape index (κ1) is 28.1. The smallest absolute Gasteiger partial charge is 0.234 e. The Hall–Kier alpha value is -3.46. The van der Waals surface area contributed by atoms with E-state index in [0.717, 1.165) is 32.3 Å². The fraction of sp³-hybridized carbons (Fsp3) is 0.345. The number of hydrogen-bond donors (Lipinski definition) is 2. The molecule has 1 aliphatic carbocycles. The lowest BCUT2D eigenvalue weighted by atomic mass is 9.70. The van der Waals surface area contributed by atoms with Gasteiger partial charge in [-0.15, -0.1) is 21.5 Å². The number of anilines is 2. The van der Waals surface area contributed by atoms with Crippen molar-refractivity contribution in [3.63, 3.8) is 0 Å². The lowest BCUT2D eigenvalue weighted by Crippen LogP contribution is -2.42. The minimum Gasteiger partial charge on any atom is -0.384 e. The Morgan fingerprint density at radius 3 is 2.65 bits per heavy atom. The summed E-state index contributed by atoms with van der Waals surface area (Å²) in [7, 11) is 0. The number of thiophene rings is 1. The standard InChI is InChI=1S/C29H30N6O2S3/c1-15-6-8-19(16(2)10-15)32-23(37)14-38-28-34-33-27(40-28)35-20-11-29(4,5)12-21(36)25(20)24(18(13-30)26(35)31)22-9-7-17(3)39-22/h6-10,24H,11-12,14,31H2,1-5H3,(H,32,37). The number of nitrogens with two attached hydrogens (primary N) is 1. The number of hydrogen-bond acceptors (Lipinski definition) is 10. The fourth-order valence-electron chi connectivity index (χ4n) is 5.24. The van der Waals surface area contributed by atoms with E-state index in [2.05, 4.69) is 35.4 Å². The molecule has 11 heteroatoms. The maximum absolute atomic E-state index is 13.6. The van der Waals surface area contributed by atoms with Crippen LogP contribution in [0, 0.1) is 37.5 Å². The number of aromatic nitrogens is 2. The number of thioether (sulfide) groups is 1. The van der Waals surface area contributed by atoms with Crippen LogP contribution in [-0.4, -0.2) is 27.6 Å². The molecule has 1 aliphatic heterocycles. The van der Waals surface area contributed by atoms with E-state index in [-0.39, 0.29) is 28.7 Å². The van der Waals surface area contributed by atoms with Crippen molar-refractivity contribution in [3.8, 4) is 6.07 Å². The molecule has 8 nitrogen and oxygen atoms in total. The molecule has 3 heterocycles. The van der Waals surface area contributed by atoms with Crippen LogP contribution in [0.1, 0.15) is 53.5 Å². The van der Waals surface area contributed by atoms with Crippen LogP contribution >= 0.6 is 34.4 Å². The number of nitriles is 1. The number of ketones is 1. The highest BCUT2D eigenvalue weighted by molar-refractivity contribution is 8.01. The van der Waals surface area contributed by atoms with Gasteiger partial charge in [-0.3, -0.25) is 14.5 Å². The molecule has 3 N–H and O–H groups in total. The topological polar surface area (TPSA) is 125 Å². The molecule has 2 aromatic heterocycles. The first-order valence-corrected chi connectivity index (χ1v) is 15.4. The number of nitrogens with zero attached hydrogens (tertiary/aromatic N) is 4. The maximum Gasteiger partial charge on any atom is 0.234 e. The van der Waals surface area contributed by atoms with E-state index in [9.17, 15) is 14.9 Å². The van der Waals surface area contributed by atoms with Gasteiger partial charge < -0.3 is 11.1 Å². The van der Waals surface area contributed by atoms with Gasteiger partial charge in [0, 0.05) is 33.1 Å². The summed E-state index contributed by atoms with van der Waals surface area (Å²) in [5, 5.41) is 22.3. The van der Waals surface area contributed by atoms with Gasteiger partial charge in [0.2, 0.25) is 11.0 Å². The van der Waals surface area contributed by atoms with Crippen LogP contribution in [0.4, 0.5) is 10.8 Å². The van der Waals surface area contributed by atoms with Gasteiger partial charge in [-0.2, -0.15) is 5.26 Å². The zero-order chi connectivity index (χ0) is 28.8. The maximum atomic E-state index is 13.6. The monoisotopic (exact) mass is 590 g/mol. The summed E-state index contributed by atoms with van der Waals surface area (Å²) in [6.07, 6.45) is 1.00. The van der Waals surface area contributed by atoms with Crippen molar-refractivity contribution in [2.24, 2.45) is 11.1 Å². The predicted octanol–water partition coefficient (Wildman–Crippen LogP) is 6.20. The second kappa shape index (κ2) is 10.8. The number of amides is 1. The van der Waals surface area contributed by atoms with E-state index >= 15 is 0 Å². The molecule has 3 aromatic rings. The van der Waals surface area contributed by atoms with Crippen molar-refractivity contribution in [2.45, 2.75) is 57.7 Å². The fourth-order valence-corrected chi connectivity index (χ4v) is 7.92. The van der Waals surface area contributed by atoms with Crippen molar-refractivity contribution in [1.29, 1.82) is 5.26 Å². The number of allylic oxidation sites excluding steroid dienone is 3. The molecule has 0 saturated heterocycles. The quantitative estimate of drug-likeness (QED) is 0.325. The normalized spacial score (nSPS) is 18.6. The Morgan fingerprint density at radius 2 is 1.98 bits per heavy atom. The third kappa shape index (κ3) is 5.44. The van der Waals surface area contributed by atoms with Gasteiger partial charge >= 0.3 is 0 Å². The molecule has 1 amide bonds. The Bertz CT molecular complexity index is 1620. The first-order chi connectivity index (χ1) is 19.0. The van der Waals surface area contributed by atoms with Gasteiger partial charge in [-0.05, 0) is 56.4 Å². The Balaban J connectivity index is 1.44. The third-order valence-electron chi connectivity index (χ3n) is 7.00. The molecule has 0 saturated carbocycles. The van der Waals surface area contributed by atoms with Crippen molar-refractivity contribution < 1.29 is 9.59 Å². The van der Waals surface area contributed by atoms with E-state index in [4.69, 9.17) is 5.73 Å². The Labute approximate surface area is 246 Å². The van der Waals surface area contributed by atoms with Gasteiger partial charge in [0.25, 0.3) is 0 Å². The molecule has 40 heavy (non-hydrogen) atoms. The Kier molecular flexibility index (Phi) is 7.61. The highest BCUT2D eigenvalue weighted by atomic mass is 32.2. The van der Waals surface area contributed by atoms with Crippen LogP contribution < -0.4 is 16.0 Å². The number of Topliss-reactive ketones (excluding diaryl/α,β-unsaturated/α-hetero) is 1. The molecule has 0 bridgehead atoms. The number of benzene rings is 1. The molecule has 1 aromatic carbocycles. The summed E-state index contributed by atoms with van der Waals surface area (Å²) in [6.45, 7) is 10.1. The second-order valence-corrected chi connectivity index (χ2v) is 14.4. The lowest BCUT2D eigenvalue weighted by molar-refractivity contribution is -0.118. The van der Waals surface area contributed by atoms with Crippen molar-refractivity contribution in [1.82, 2.24) is 10.2 Å². The minimum absolute atomic E-state index is 0.0229.